The molecule has 0 fully saturated rings. The number of halogens is 2. The smallest absolute Gasteiger partial charge is 0.125 e. The summed E-state index contributed by atoms with van der Waals surface area (Å²) >= 11 is 12.0. The van der Waals surface area contributed by atoms with Crippen molar-refractivity contribution in [3.63, 3.8) is 0 Å². The minimum absolute atomic E-state index is 0.371. The maximum Gasteiger partial charge on any atom is 0.125 e. The molecule has 0 saturated carbocycles. The number of aliphatic hydroxyl groups excluding tert-OH is 1. The largest absolute Gasteiger partial charge is 0.386 e. The van der Waals surface area contributed by atoms with E-state index >= 15 is 0 Å². The van der Waals surface area contributed by atoms with Crippen LogP contribution in [0.25, 0.3) is 0 Å². The van der Waals surface area contributed by atoms with Crippen LogP contribution in [-0.4, -0.2) is 15.1 Å². The van der Waals surface area contributed by atoms with Crippen LogP contribution in [0.3, 0.4) is 0 Å². The fourth-order valence-corrected chi connectivity index (χ4v) is 2.08. The van der Waals surface area contributed by atoms with E-state index in [-0.39, 0.29) is 0 Å². The van der Waals surface area contributed by atoms with Gasteiger partial charge in [-0.25, -0.2) is 9.97 Å². The fraction of sp³-hybridized carbons (Fsp3) is 0.231. The summed E-state index contributed by atoms with van der Waals surface area (Å²) < 4.78 is 0. The number of hydrogen-bond acceptors (Lipinski definition) is 3. The van der Waals surface area contributed by atoms with Crippen molar-refractivity contribution in [2.24, 2.45) is 0 Å². The van der Waals surface area contributed by atoms with E-state index < -0.39 is 6.10 Å². The van der Waals surface area contributed by atoms with Crippen LogP contribution in [0.2, 0.25) is 10.0 Å². The van der Waals surface area contributed by atoms with Crippen LogP contribution in [0.1, 0.15) is 23.2 Å². The molecule has 1 heterocycles. The van der Waals surface area contributed by atoms with E-state index in [2.05, 4.69) is 9.97 Å². The van der Waals surface area contributed by atoms with Gasteiger partial charge in [0.25, 0.3) is 0 Å². The third-order valence-corrected chi connectivity index (χ3v) is 3.44. The van der Waals surface area contributed by atoms with Gasteiger partial charge >= 0.3 is 0 Å². The molecule has 1 aromatic heterocycles. The zero-order chi connectivity index (χ0) is 13.1. The molecule has 1 unspecified atom stereocenters. The van der Waals surface area contributed by atoms with Crippen molar-refractivity contribution in [1.29, 1.82) is 0 Å². The van der Waals surface area contributed by atoms with Gasteiger partial charge in [0, 0.05) is 12.6 Å². The van der Waals surface area contributed by atoms with Gasteiger partial charge in [0.1, 0.15) is 11.9 Å². The third kappa shape index (κ3) is 2.99. The standard InChI is InChI=1S/C13H12Cl2N2O/c1-8-16-6-5-11(17-8)12(18)7-9-3-2-4-10(14)13(9)15/h2-6,12,18H,7H2,1H3. The Balaban J connectivity index is 2.21. The fourth-order valence-electron chi connectivity index (χ4n) is 1.68. The van der Waals surface area contributed by atoms with Gasteiger partial charge < -0.3 is 5.11 Å². The maximum absolute atomic E-state index is 10.1. The molecule has 1 N–H and O–H groups in total. The first-order chi connectivity index (χ1) is 8.58. The normalized spacial score (nSPS) is 12.4. The lowest BCUT2D eigenvalue weighted by molar-refractivity contribution is 0.173. The summed E-state index contributed by atoms with van der Waals surface area (Å²) in [5, 5.41) is 11.1. The lowest BCUT2D eigenvalue weighted by Crippen LogP contribution is -2.06. The molecule has 18 heavy (non-hydrogen) atoms. The first-order valence-corrected chi connectivity index (χ1v) is 6.24. The van der Waals surface area contributed by atoms with Crippen molar-refractivity contribution in [2.45, 2.75) is 19.4 Å². The molecule has 94 valence electrons. The summed E-state index contributed by atoms with van der Waals surface area (Å²) in [5.41, 5.74) is 1.38. The zero-order valence-electron chi connectivity index (χ0n) is 9.77. The van der Waals surface area contributed by atoms with E-state index in [1.54, 1.807) is 25.3 Å². The summed E-state index contributed by atoms with van der Waals surface area (Å²) in [7, 11) is 0. The Kier molecular flexibility index (Phi) is 4.17. The minimum Gasteiger partial charge on any atom is -0.386 e. The lowest BCUT2D eigenvalue weighted by atomic mass is 10.1. The van der Waals surface area contributed by atoms with Crippen LogP contribution in [0.5, 0.6) is 0 Å². The predicted molar refractivity (Wildman–Crippen MR) is 71.9 cm³/mol. The summed E-state index contributed by atoms with van der Waals surface area (Å²) in [5.74, 6) is 0.628. The molecule has 0 spiro atoms. The highest BCUT2D eigenvalue weighted by atomic mass is 35.5. The SMILES string of the molecule is Cc1nccc(C(O)Cc2cccc(Cl)c2Cl)n1. The molecule has 2 aromatic rings. The summed E-state index contributed by atoms with van der Waals surface area (Å²) in [4.78, 5) is 8.18. The van der Waals surface area contributed by atoms with E-state index in [1.807, 2.05) is 12.1 Å². The number of aliphatic hydroxyl groups is 1. The van der Waals surface area contributed by atoms with Crippen LogP contribution in [0.15, 0.2) is 30.5 Å². The molecular formula is C13H12Cl2N2O. The molecule has 0 bridgehead atoms. The molecule has 5 heteroatoms. The van der Waals surface area contributed by atoms with Gasteiger partial charge in [-0.2, -0.15) is 0 Å². The lowest BCUT2D eigenvalue weighted by Gasteiger charge is -2.12. The van der Waals surface area contributed by atoms with Gasteiger partial charge in [-0.3, -0.25) is 0 Å². The highest BCUT2D eigenvalue weighted by molar-refractivity contribution is 6.42. The van der Waals surface area contributed by atoms with E-state index in [0.717, 1.165) is 5.56 Å². The van der Waals surface area contributed by atoms with E-state index in [4.69, 9.17) is 23.2 Å². The molecule has 0 aliphatic carbocycles. The van der Waals surface area contributed by atoms with Gasteiger partial charge in [-0.1, -0.05) is 35.3 Å². The highest BCUT2D eigenvalue weighted by Gasteiger charge is 2.13. The quantitative estimate of drug-likeness (QED) is 0.939. The van der Waals surface area contributed by atoms with Crippen molar-refractivity contribution in [2.75, 3.05) is 0 Å². The second-order valence-corrected chi connectivity index (χ2v) is 4.75. The average molecular weight is 283 g/mol. The van der Waals surface area contributed by atoms with Gasteiger partial charge in [0.05, 0.1) is 15.7 Å². The molecule has 0 saturated heterocycles. The van der Waals surface area contributed by atoms with Crippen LogP contribution in [0.4, 0.5) is 0 Å². The Labute approximate surface area is 115 Å². The van der Waals surface area contributed by atoms with Crippen LogP contribution in [0, 0.1) is 6.92 Å². The molecule has 3 nitrogen and oxygen atoms in total. The van der Waals surface area contributed by atoms with Gasteiger partial charge in [0.15, 0.2) is 0 Å². The number of aromatic nitrogens is 2. The molecule has 0 radical (unpaired) electrons. The molecule has 0 amide bonds. The van der Waals surface area contributed by atoms with Gasteiger partial charge in [-0.15, -0.1) is 0 Å². The minimum atomic E-state index is -0.720. The van der Waals surface area contributed by atoms with Crippen LogP contribution in [-0.2, 0) is 6.42 Å². The van der Waals surface area contributed by atoms with Crippen molar-refractivity contribution in [3.05, 3.63) is 57.6 Å². The third-order valence-electron chi connectivity index (χ3n) is 2.58. The molecule has 0 aliphatic heterocycles. The number of benzene rings is 1. The first kappa shape index (κ1) is 13.3. The molecule has 0 aliphatic rings. The van der Waals surface area contributed by atoms with Crippen LogP contribution >= 0.6 is 23.2 Å². The Bertz CT molecular complexity index is 560. The number of hydrogen-bond donors (Lipinski definition) is 1. The maximum atomic E-state index is 10.1. The number of rotatable bonds is 3. The van der Waals surface area contributed by atoms with Crippen molar-refractivity contribution in [1.82, 2.24) is 9.97 Å². The Morgan fingerprint density at radius 3 is 2.78 bits per heavy atom. The molecule has 2 rings (SSSR count). The summed E-state index contributed by atoms with van der Waals surface area (Å²) in [6.45, 7) is 1.78. The Hall–Kier alpha value is -1.16. The molecule has 1 aromatic carbocycles. The van der Waals surface area contributed by atoms with Crippen LogP contribution < -0.4 is 0 Å². The first-order valence-electron chi connectivity index (χ1n) is 5.48. The van der Waals surface area contributed by atoms with Crippen molar-refractivity contribution in [3.8, 4) is 0 Å². The van der Waals surface area contributed by atoms with Crippen molar-refractivity contribution >= 4 is 23.2 Å². The van der Waals surface area contributed by atoms with Crippen molar-refractivity contribution < 1.29 is 5.11 Å². The molecular weight excluding hydrogens is 271 g/mol. The second kappa shape index (κ2) is 5.65. The Morgan fingerprint density at radius 1 is 1.28 bits per heavy atom. The topological polar surface area (TPSA) is 46.0 Å². The monoisotopic (exact) mass is 282 g/mol. The van der Waals surface area contributed by atoms with E-state index in [9.17, 15) is 5.11 Å². The number of aryl methyl sites for hydroxylation is 1. The van der Waals surface area contributed by atoms with Gasteiger partial charge in [0.2, 0.25) is 0 Å². The Morgan fingerprint density at radius 2 is 2.06 bits per heavy atom. The summed E-state index contributed by atoms with van der Waals surface area (Å²) in [6.07, 6.45) is 1.28. The predicted octanol–water partition coefficient (Wildman–Crippen LogP) is 3.37. The van der Waals surface area contributed by atoms with E-state index in [1.165, 1.54) is 0 Å². The van der Waals surface area contributed by atoms with E-state index in [0.29, 0.717) is 28.0 Å². The summed E-state index contributed by atoms with van der Waals surface area (Å²) in [6, 6.07) is 7.05. The average Bonchev–Trinajstić information content (AvgIpc) is 2.35. The zero-order valence-corrected chi connectivity index (χ0v) is 11.3. The molecule has 1 atom stereocenters. The number of nitrogens with zero attached hydrogens (tertiary/aromatic N) is 2. The second-order valence-electron chi connectivity index (χ2n) is 3.96. The van der Waals surface area contributed by atoms with Gasteiger partial charge in [-0.05, 0) is 24.6 Å². The highest BCUT2D eigenvalue weighted by Crippen LogP contribution is 2.28.